The Morgan fingerprint density at radius 2 is 1.89 bits per heavy atom. The van der Waals surface area contributed by atoms with Gasteiger partial charge in [0.15, 0.2) is 0 Å². The third kappa shape index (κ3) is 2.81. The summed E-state index contributed by atoms with van der Waals surface area (Å²) in [7, 11) is 1.86. The summed E-state index contributed by atoms with van der Waals surface area (Å²) in [5, 5.41) is 0. The zero-order valence-electron chi connectivity index (χ0n) is 11.3. The first-order chi connectivity index (χ1) is 8.99. The van der Waals surface area contributed by atoms with Crippen molar-refractivity contribution in [2.45, 2.75) is 20.4 Å². The lowest BCUT2D eigenvalue weighted by Gasteiger charge is -2.21. The highest BCUT2D eigenvalue weighted by Crippen LogP contribution is 2.22. The van der Waals surface area contributed by atoms with Crippen LogP contribution in [0, 0.1) is 19.7 Å². The highest BCUT2D eigenvalue weighted by molar-refractivity contribution is 5.56. The van der Waals surface area contributed by atoms with Crippen molar-refractivity contribution < 1.29 is 4.39 Å². The van der Waals surface area contributed by atoms with Gasteiger partial charge in [-0.3, -0.25) is 0 Å². The van der Waals surface area contributed by atoms with Gasteiger partial charge in [0, 0.05) is 24.7 Å². The average molecular weight is 260 g/mol. The maximum Gasteiger partial charge on any atom is 0.137 e. The third-order valence-electron chi connectivity index (χ3n) is 3.00. The summed E-state index contributed by atoms with van der Waals surface area (Å²) in [4.78, 5) is 10.4. The molecule has 0 saturated heterocycles. The zero-order valence-corrected chi connectivity index (χ0v) is 11.3. The summed E-state index contributed by atoms with van der Waals surface area (Å²) in [6.07, 6.45) is 0. The standard InChI is InChI=1S/C14H17FN4/c1-9-13(16)17-10(2)18-14(9)19(3)8-11-6-4-5-7-12(11)15/h4-7H,8H2,1-3H3,(H2,16,17,18). The van der Waals surface area contributed by atoms with Gasteiger partial charge in [0.1, 0.15) is 23.3 Å². The summed E-state index contributed by atoms with van der Waals surface area (Å²) in [5.41, 5.74) is 7.26. The van der Waals surface area contributed by atoms with Crippen molar-refractivity contribution in [2.75, 3.05) is 17.7 Å². The molecule has 0 fully saturated rings. The monoisotopic (exact) mass is 260 g/mol. The maximum atomic E-state index is 13.6. The van der Waals surface area contributed by atoms with Crippen LogP contribution in [0.25, 0.3) is 0 Å². The molecular weight excluding hydrogens is 243 g/mol. The van der Waals surface area contributed by atoms with E-state index < -0.39 is 0 Å². The molecule has 0 aliphatic rings. The first-order valence-corrected chi connectivity index (χ1v) is 6.04. The second-order valence-corrected chi connectivity index (χ2v) is 4.55. The van der Waals surface area contributed by atoms with E-state index in [-0.39, 0.29) is 5.82 Å². The smallest absolute Gasteiger partial charge is 0.137 e. The molecule has 19 heavy (non-hydrogen) atoms. The van der Waals surface area contributed by atoms with Crippen LogP contribution in [0.2, 0.25) is 0 Å². The van der Waals surface area contributed by atoms with Crippen molar-refractivity contribution in [1.82, 2.24) is 9.97 Å². The minimum atomic E-state index is -0.217. The van der Waals surface area contributed by atoms with E-state index in [1.807, 2.05) is 24.9 Å². The van der Waals surface area contributed by atoms with Gasteiger partial charge in [0.05, 0.1) is 0 Å². The zero-order chi connectivity index (χ0) is 14.0. The highest BCUT2D eigenvalue weighted by Gasteiger charge is 2.12. The molecule has 0 amide bonds. The number of benzene rings is 1. The van der Waals surface area contributed by atoms with Crippen LogP contribution < -0.4 is 10.6 Å². The fourth-order valence-electron chi connectivity index (χ4n) is 1.96. The molecule has 0 unspecified atom stereocenters. The Labute approximate surface area is 112 Å². The fourth-order valence-corrected chi connectivity index (χ4v) is 1.96. The number of anilines is 2. The van der Waals surface area contributed by atoms with E-state index in [1.165, 1.54) is 6.07 Å². The Morgan fingerprint density at radius 3 is 2.58 bits per heavy atom. The fraction of sp³-hybridized carbons (Fsp3) is 0.286. The van der Waals surface area contributed by atoms with Gasteiger partial charge in [-0.25, -0.2) is 14.4 Å². The number of aryl methyl sites for hydroxylation is 1. The number of nitrogens with zero attached hydrogens (tertiary/aromatic N) is 3. The minimum Gasteiger partial charge on any atom is -0.383 e. The molecule has 4 nitrogen and oxygen atoms in total. The van der Waals surface area contributed by atoms with Crippen LogP contribution in [0.4, 0.5) is 16.0 Å². The molecule has 0 atom stereocenters. The van der Waals surface area contributed by atoms with Crippen LogP contribution in [0.15, 0.2) is 24.3 Å². The Kier molecular flexibility index (Phi) is 3.64. The third-order valence-corrected chi connectivity index (χ3v) is 3.00. The van der Waals surface area contributed by atoms with E-state index in [0.717, 1.165) is 11.4 Å². The molecule has 0 radical (unpaired) electrons. The quantitative estimate of drug-likeness (QED) is 0.921. The van der Waals surface area contributed by atoms with E-state index in [9.17, 15) is 4.39 Å². The number of nitrogen functional groups attached to an aromatic ring is 1. The lowest BCUT2D eigenvalue weighted by molar-refractivity contribution is 0.607. The maximum absolute atomic E-state index is 13.6. The number of aromatic nitrogens is 2. The van der Waals surface area contributed by atoms with Crippen LogP contribution >= 0.6 is 0 Å². The van der Waals surface area contributed by atoms with Crippen molar-refractivity contribution in [3.63, 3.8) is 0 Å². The minimum absolute atomic E-state index is 0.217. The molecule has 5 heteroatoms. The molecule has 1 heterocycles. The van der Waals surface area contributed by atoms with Gasteiger partial charge in [-0.2, -0.15) is 0 Å². The molecule has 1 aromatic heterocycles. The largest absolute Gasteiger partial charge is 0.383 e. The normalized spacial score (nSPS) is 10.5. The summed E-state index contributed by atoms with van der Waals surface area (Å²) in [6, 6.07) is 6.71. The van der Waals surface area contributed by atoms with E-state index in [2.05, 4.69) is 9.97 Å². The summed E-state index contributed by atoms with van der Waals surface area (Å²) in [6.45, 7) is 4.08. The molecule has 0 spiro atoms. The molecular formula is C14H17FN4. The summed E-state index contributed by atoms with van der Waals surface area (Å²) < 4.78 is 13.6. The van der Waals surface area contributed by atoms with Gasteiger partial charge in [-0.15, -0.1) is 0 Å². The van der Waals surface area contributed by atoms with Crippen LogP contribution in [-0.4, -0.2) is 17.0 Å². The van der Waals surface area contributed by atoms with Gasteiger partial charge in [-0.05, 0) is 19.9 Å². The van der Waals surface area contributed by atoms with E-state index >= 15 is 0 Å². The Bertz CT molecular complexity index is 598. The molecule has 0 aliphatic carbocycles. The van der Waals surface area contributed by atoms with E-state index in [4.69, 9.17) is 5.73 Å². The van der Waals surface area contributed by atoms with Gasteiger partial charge < -0.3 is 10.6 Å². The van der Waals surface area contributed by atoms with E-state index in [1.54, 1.807) is 19.1 Å². The number of hydrogen-bond donors (Lipinski definition) is 1. The van der Waals surface area contributed by atoms with Crippen LogP contribution in [0.1, 0.15) is 17.0 Å². The molecule has 0 aliphatic heterocycles. The van der Waals surface area contributed by atoms with Crippen molar-refractivity contribution >= 4 is 11.6 Å². The van der Waals surface area contributed by atoms with Crippen molar-refractivity contribution in [3.8, 4) is 0 Å². The van der Waals surface area contributed by atoms with Gasteiger partial charge in [0.25, 0.3) is 0 Å². The second-order valence-electron chi connectivity index (χ2n) is 4.55. The highest BCUT2D eigenvalue weighted by atomic mass is 19.1. The Balaban J connectivity index is 2.30. The number of halogens is 1. The predicted molar refractivity (Wildman–Crippen MR) is 74.4 cm³/mol. The number of hydrogen-bond acceptors (Lipinski definition) is 4. The van der Waals surface area contributed by atoms with Gasteiger partial charge in [-0.1, -0.05) is 18.2 Å². The molecule has 100 valence electrons. The lowest BCUT2D eigenvalue weighted by atomic mass is 10.2. The van der Waals surface area contributed by atoms with Crippen molar-refractivity contribution in [1.29, 1.82) is 0 Å². The Morgan fingerprint density at radius 1 is 1.21 bits per heavy atom. The number of rotatable bonds is 3. The molecule has 0 saturated carbocycles. The van der Waals surface area contributed by atoms with E-state index in [0.29, 0.717) is 23.8 Å². The van der Waals surface area contributed by atoms with Crippen molar-refractivity contribution in [3.05, 3.63) is 47.0 Å². The SMILES string of the molecule is Cc1nc(N)c(C)c(N(C)Cc2ccccc2F)n1. The van der Waals surface area contributed by atoms with Crippen LogP contribution in [0.3, 0.4) is 0 Å². The predicted octanol–water partition coefficient (Wildman–Crippen LogP) is 2.45. The van der Waals surface area contributed by atoms with Crippen molar-refractivity contribution in [2.24, 2.45) is 0 Å². The van der Waals surface area contributed by atoms with Gasteiger partial charge in [0.2, 0.25) is 0 Å². The summed E-state index contributed by atoms with van der Waals surface area (Å²) >= 11 is 0. The summed E-state index contributed by atoms with van der Waals surface area (Å²) in [5.74, 6) is 1.58. The van der Waals surface area contributed by atoms with Crippen LogP contribution in [0.5, 0.6) is 0 Å². The molecule has 0 bridgehead atoms. The molecule has 1 aromatic carbocycles. The Hall–Kier alpha value is -2.17. The molecule has 2 N–H and O–H groups in total. The topological polar surface area (TPSA) is 55.0 Å². The molecule has 2 rings (SSSR count). The number of nitrogens with two attached hydrogens (primary N) is 1. The average Bonchev–Trinajstić information content (AvgIpc) is 2.36. The first-order valence-electron chi connectivity index (χ1n) is 6.04. The lowest BCUT2D eigenvalue weighted by Crippen LogP contribution is -2.21. The first kappa shape index (κ1) is 13.3. The van der Waals surface area contributed by atoms with Crippen LogP contribution in [-0.2, 0) is 6.54 Å². The van der Waals surface area contributed by atoms with Gasteiger partial charge >= 0.3 is 0 Å². The molecule has 2 aromatic rings. The second kappa shape index (κ2) is 5.22.